The van der Waals surface area contributed by atoms with Crippen molar-refractivity contribution in [1.29, 1.82) is 0 Å². The van der Waals surface area contributed by atoms with Crippen molar-refractivity contribution in [2.45, 2.75) is 51.7 Å². The Hall–Kier alpha value is -2.61. The zero-order chi connectivity index (χ0) is 24.5. The van der Waals surface area contributed by atoms with Crippen molar-refractivity contribution in [2.75, 3.05) is 31.1 Å². The molecule has 34 heavy (non-hydrogen) atoms. The summed E-state index contributed by atoms with van der Waals surface area (Å²) in [6.45, 7) is 6.37. The topological polar surface area (TPSA) is 84.0 Å². The first-order valence-electron chi connectivity index (χ1n) is 12.0. The van der Waals surface area contributed by atoms with Crippen LogP contribution in [-0.4, -0.2) is 73.0 Å². The van der Waals surface area contributed by atoms with Crippen LogP contribution in [-0.2, 0) is 14.6 Å². The number of carbonyl (C=O) groups excluding carboxylic acids is 2. The predicted octanol–water partition coefficient (Wildman–Crippen LogP) is 4.12. The SMILES string of the molecule is CC(C)(C)OC(=O)N1CCN(C(=O)c2cccc3ccccc23)CC1CCS(=O)(=O)CC1CC1. The summed E-state index contributed by atoms with van der Waals surface area (Å²) in [5.41, 5.74) is -0.0424. The fourth-order valence-electron chi connectivity index (χ4n) is 4.47. The maximum absolute atomic E-state index is 13.5. The van der Waals surface area contributed by atoms with Gasteiger partial charge in [0.05, 0.1) is 17.5 Å². The largest absolute Gasteiger partial charge is 0.444 e. The predicted molar refractivity (Wildman–Crippen MR) is 133 cm³/mol. The molecule has 1 saturated heterocycles. The summed E-state index contributed by atoms with van der Waals surface area (Å²) >= 11 is 0. The average molecular weight is 487 g/mol. The number of sulfone groups is 1. The second-order valence-corrected chi connectivity index (χ2v) is 12.7. The van der Waals surface area contributed by atoms with Gasteiger partial charge in [-0.3, -0.25) is 4.79 Å². The molecule has 1 aliphatic carbocycles. The summed E-state index contributed by atoms with van der Waals surface area (Å²) in [5.74, 6) is 0.392. The number of rotatable bonds is 6. The Labute approximate surface area is 202 Å². The monoisotopic (exact) mass is 486 g/mol. The van der Waals surface area contributed by atoms with E-state index in [1.807, 2.05) is 42.5 Å². The Balaban J connectivity index is 1.53. The molecule has 0 bridgehead atoms. The molecule has 0 radical (unpaired) electrons. The molecular weight excluding hydrogens is 452 g/mol. The third kappa shape index (κ3) is 6.09. The van der Waals surface area contributed by atoms with E-state index in [9.17, 15) is 18.0 Å². The minimum absolute atomic E-state index is 0.00373. The van der Waals surface area contributed by atoms with Crippen molar-refractivity contribution < 1.29 is 22.7 Å². The molecule has 7 nitrogen and oxygen atoms in total. The second kappa shape index (κ2) is 9.56. The van der Waals surface area contributed by atoms with E-state index in [-0.39, 0.29) is 36.3 Å². The fraction of sp³-hybridized carbons (Fsp3) is 0.538. The number of fused-ring (bicyclic) bond motifs is 1. The molecule has 0 spiro atoms. The average Bonchev–Trinajstić information content (AvgIpc) is 3.59. The highest BCUT2D eigenvalue weighted by atomic mass is 32.2. The van der Waals surface area contributed by atoms with Gasteiger partial charge in [0.15, 0.2) is 9.84 Å². The van der Waals surface area contributed by atoms with Gasteiger partial charge in [-0.25, -0.2) is 13.2 Å². The quantitative estimate of drug-likeness (QED) is 0.613. The van der Waals surface area contributed by atoms with Crippen molar-refractivity contribution in [3.63, 3.8) is 0 Å². The van der Waals surface area contributed by atoms with Crippen LogP contribution >= 0.6 is 0 Å². The maximum Gasteiger partial charge on any atom is 0.410 e. The normalized spacial score (nSPS) is 19.3. The lowest BCUT2D eigenvalue weighted by Gasteiger charge is -2.42. The molecule has 1 unspecified atom stereocenters. The molecule has 1 atom stereocenters. The fourth-order valence-corrected chi connectivity index (χ4v) is 6.32. The van der Waals surface area contributed by atoms with Crippen molar-refractivity contribution in [2.24, 2.45) is 5.92 Å². The van der Waals surface area contributed by atoms with Crippen LogP contribution in [0.1, 0.15) is 50.4 Å². The van der Waals surface area contributed by atoms with Gasteiger partial charge in [-0.1, -0.05) is 36.4 Å². The minimum Gasteiger partial charge on any atom is -0.444 e. The molecule has 8 heteroatoms. The van der Waals surface area contributed by atoms with Gasteiger partial charge in [-0.05, 0) is 62.8 Å². The Morgan fingerprint density at radius 1 is 1.03 bits per heavy atom. The van der Waals surface area contributed by atoms with E-state index in [4.69, 9.17) is 4.74 Å². The molecule has 2 aromatic carbocycles. The Bertz CT molecular complexity index is 1160. The summed E-state index contributed by atoms with van der Waals surface area (Å²) in [5, 5.41) is 1.87. The first-order chi connectivity index (χ1) is 16.0. The maximum atomic E-state index is 13.5. The number of hydrogen-bond acceptors (Lipinski definition) is 5. The molecule has 2 aliphatic rings. The number of hydrogen-bond donors (Lipinski definition) is 0. The smallest absolute Gasteiger partial charge is 0.410 e. The van der Waals surface area contributed by atoms with Crippen LogP contribution in [0.2, 0.25) is 0 Å². The highest BCUT2D eigenvalue weighted by Gasteiger charge is 2.37. The lowest BCUT2D eigenvalue weighted by Crippen LogP contribution is -2.57. The van der Waals surface area contributed by atoms with Gasteiger partial charge in [0.1, 0.15) is 5.60 Å². The zero-order valence-electron chi connectivity index (χ0n) is 20.2. The first kappa shape index (κ1) is 24.5. The number of ether oxygens (including phenoxy) is 1. The highest BCUT2D eigenvalue weighted by Crippen LogP contribution is 2.31. The number of nitrogens with zero attached hydrogens (tertiary/aromatic N) is 2. The van der Waals surface area contributed by atoms with Crippen LogP contribution in [0.15, 0.2) is 42.5 Å². The van der Waals surface area contributed by atoms with Crippen LogP contribution in [0.4, 0.5) is 4.79 Å². The molecule has 1 aliphatic heterocycles. The van der Waals surface area contributed by atoms with E-state index in [1.54, 1.807) is 30.6 Å². The molecule has 0 aromatic heterocycles. The Morgan fingerprint density at radius 2 is 1.74 bits per heavy atom. The Morgan fingerprint density at radius 3 is 2.44 bits per heavy atom. The van der Waals surface area contributed by atoms with Gasteiger partial charge < -0.3 is 14.5 Å². The van der Waals surface area contributed by atoms with Crippen molar-refractivity contribution >= 4 is 32.6 Å². The van der Waals surface area contributed by atoms with E-state index in [1.165, 1.54) is 0 Å². The molecule has 2 amide bonds. The van der Waals surface area contributed by atoms with Gasteiger partial charge in [-0.15, -0.1) is 0 Å². The minimum atomic E-state index is -3.20. The third-order valence-electron chi connectivity index (χ3n) is 6.37. The van der Waals surface area contributed by atoms with Crippen LogP contribution in [0.3, 0.4) is 0 Å². The van der Waals surface area contributed by atoms with Gasteiger partial charge in [-0.2, -0.15) is 0 Å². The second-order valence-electron chi connectivity index (χ2n) is 10.5. The number of piperazine rings is 1. The molecule has 2 fully saturated rings. The first-order valence-corrected chi connectivity index (χ1v) is 13.8. The van der Waals surface area contributed by atoms with Crippen LogP contribution in [0.5, 0.6) is 0 Å². The lowest BCUT2D eigenvalue weighted by atomic mass is 10.0. The molecule has 184 valence electrons. The molecule has 4 rings (SSSR count). The van der Waals surface area contributed by atoms with Crippen molar-refractivity contribution in [3.8, 4) is 0 Å². The summed E-state index contributed by atoms with van der Waals surface area (Å²) in [6.07, 6.45) is 1.77. The summed E-state index contributed by atoms with van der Waals surface area (Å²) in [6, 6.07) is 13.0. The summed E-state index contributed by atoms with van der Waals surface area (Å²) < 4.78 is 30.8. The molecule has 1 saturated carbocycles. The third-order valence-corrected chi connectivity index (χ3v) is 8.20. The highest BCUT2D eigenvalue weighted by molar-refractivity contribution is 7.91. The van der Waals surface area contributed by atoms with Crippen LogP contribution in [0.25, 0.3) is 10.8 Å². The lowest BCUT2D eigenvalue weighted by molar-refractivity contribution is -0.00107. The number of benzene rings is 2. The number of carbonyl (C=O) groups is 2. The zero-order valence-corrected chi connectivity index (χ0v) is 21.0. The van der Waals surface area contributed by atoms with Gasteiger partial charge >= 0.3 is 6.09 Å². The molecule has 0 N–H and O–H groups in total. The molecular formula is C26H34N2O5S. The van der Waals surface area contributed by atoms with Crippen molar-refractivity contribution in [1.82, 2.24) is 9.80 Å². The number of amides is 2. The van der Waals surface area contributed by atoms with Gasteiger partial charge in [0.2, 0.25) is 0 Å². The van der Waals surface area contributed by atoms with Crippen molar-refractivity contribution in [3.05, 3.63) is 48.0 Å². The van der Waals surface area contributed by atoms with E-state index < -0.39 is 27.6 Å². The standard InChI is InChI=1S/C26H34N2O5S/c1-26(2,3)33-25(30)28-15-14-27(17-21(28)13-16-34(31,32)18-19-11-12-19)24(29)23-10-6-8-20-7-4-5-9-22(20)23/h4-10,19,21H,11-18H2,1-3H3. The summed E-state index contributed by atoms with van der Waals surface area (Å²) in [4.78, 5) is 29.7. The van der Waals surface area contributed by atoms with E-state index in [2.05, 4.69) is 0 Å². The van der Waals surface area contributed by atoms with Crippen LogP contribution in [0, 0.1) is 5.92 Å². The Kier molecular flexibility index (Phi) is 6.90. The van der Waals surface area contributed by atoms with E-state index in [0.717, 1.165) is 23.6 Å². The van der Waals surface area contributed by atoms with Crippen LogP contribution < -0.4 is 0 Å². The summed E-state index contributed by atoms with van der Waals surface area (Å²) in [7, 11) is -3.20. The molecule has 2 aromatic rings. The molecule has 1 heterocycles. The van der Waals surface area contributed by atoms with Gasteiger partial charge in [0.25, 0.3) is 5.91 Å². The van der Waals surface area contributed by atoms with Gasteiger partial charge in [0, 0.05) is 25.2 Å². The van der Waals surface area contributed by atoms with E-state index >= 15 is 0 Å². The van der Waals surface area contributed by atoms with E-state index in [0.29, 0.717) is 18.7 Å².